The number of nitriles is 1. The van der Waals surface area contributed by atoms with Gasteiger partial charge in [0.2, 0.25) is 0 Å². The molecule has 1 amide bonds. The summed E-state index contributed by atoms with van der Waals surface area (Å²) in [5.41, 5.74) is 0.517. The van der Waals surface area contributed by atoms with Gasteiger partial charge in [-0.2, -0.15) is 5.26 Å². The van der Waals surface area contributed by atoms with Gasteiger partial charge in [0.05, 0.1) is 5.69 Å². The number of carbonyl (C=O) groups excluding carboxylic acids is 1. The third-order valence-corrected chi connectivity index (χ3v) is 2.87. The number of amides is 1. The number of hydrogen-bond acceptors (Lipinski definition) is 5. The van der Waals surface area contributed by atoms with E-state index in [1.807, 2.05) is 6.07 Å². The first-order valence-electron chi connectivity index (χ1n) is 6.05. The number of pyridine rings is 2. The molecule has 0 aliphatic heterocycles. The van der Waals surface area contributed by atoms with E-state index in [0.29, 0.717) is 5.69 Å². The summed E-state index contributed by atoms with van der Waals surface area (Å²) in [6, 6.07) is 8.38. The molecule has 0 aliphatic carbocycles. The molecule has 106 valence electrons. The molecule has 1 N–H and O–H groups in total. The molecule has 1 atom stereocenters. The van der Waals surface area contributed by atoms with Crippen LogP contribution in [0.1, 0.15) is 12.6 Å². The van der Waals surface area contributed by atoms with Crippen LogP contribution in [0.15, 0.2) is 36.7 Å². The van der Waals surface area contributed by atoms with Crippen LogP contribution in [0.2, 0.25) is 5.15 Å². The van der Waals surface area contributed by atoms with Crippen molar-refractivity contribution >= 4 is 23.2 Å². The number of aromatic nitrogens is 2. The van der Waals surface area contributed by atoms with Crippen LogP contribution in [-0.2, 0) is 4.79 Å². The first kappa shape index (κ1) is 14.8. The maximum absolute atomic E-state index is 12.0. The third-order valence-electron chi connectivity index (χ3n) is 2.57. The van der Waals surface area contributed by atoms with Gasteiger partial charge in [-0.05, 0) is 31.2 Å². The van der Waals surface area contributed by atoms with Crippen molar-refractivity contribution in [3.8, 4) is 11.8 Å². The summed E-state index contributed by atoms with van der Waals surface area (Å²) in [5, 5.41) is 11.7. The minimum Gasteiger partial charge on any atom is -0.478 e. The topological polar surface area (TPSA) is 87.9 Å². The maximum atomic E-state index is 12.0. The van der Waals surface area contributed by atoms with E-state index in [9.17, 15) is 4.79 Å². The van der Waals surface area contributed by atoms with Crippen molar-refractivity contribution in [1.82, 2.24) is 9.97 Å². The predicted molar refractivity (Wildman–Crippen MR) is 76.9 cm³/mol. The fourth-order valence-corrected chi connectivity index (χ4v) is 1.69. The van der Waals surface area contributed by atoms with E-state index >= 15 is 0 Å². The van der Waals surface area contributed by atoms with Gasteiger partial charge in [-0.1, -0.05) is 11.6 Å². The summed E-state index contributed by atoms with van der Waals surface area (Å²) in [6.07, 6.45) is 2.18. The Morgan fingerprint density at radius 3 is 2.81 bits per heavy atom. The van der Waals surface area contributed by atoms with Gasteiger partial charge in [0.1, 0.15) is 6.07 Å². The van der Waals surface area contributed by atoms with Crippen molar-refractivity contribution in [3.63, 3.8) is 0 Å². The zero-order chi connectivity index (χ0) is 15.2. The van der Waals surface area contributed by atoms with Crippen LogP contribution in [0.3, 0.4) is 0 Å². The SMILES string of the molecule is CC(Oc1cccnc1C#N)C(=O)Nc1cccnc1Cl. The molecule has 2 heterocycles. The molecule has 1 unspecified atom stereocenters. The summed E-state index contributed by atoms with van der Waals surface area (Å²) in [5.74, 6) is -0.155. The van der Waals surface area contributed by atoms with E-state index in [1.54, 1.807) is 31.2 Å². The average molecular weight is 303 g/mol. The Balaban J connectivity index is 2.07. The summed E-state index contributed by atoms with van der Waals surface area (Å²) in [4.78, 5) is 19.8. The highest BCUT2D eigenvalue weighted by molar-refractivity contribution is 6.32. The molecule has 2 rings (SSSR count). The standard InChI is InChI=1S/C14H11ClN4O2/c1-9(21-12-5-3-6-17-11(12)8-16)14(20)19-10-4-2-7-18-13(10)15/h2-7,9H,1H3,(H,19,20). The number of rotatable bonds is 4. The smallest absolute Gasteiger partial charge is 0.265 e. The van der Waals surface area contributed by atoms with Crippen LogP contribution >= 0.6 is 11.6 Å². The van der Waals surface area contributed by atoms with Gasteiger partial charge >= 0.3 is 0 Å². The van der Waals surface area contributed by atoms with E-state index in [4.69, 9.17) is 21.6 Å². The van der Waals surface area contributed by atoms with Crippen LogP contribution in [0.5, 0.6) is 5.75 Å². The fraction of sp³-hybridized carbons (Fsp3) is 0.143. The Hall–Kier alpha value is -2.65. The molecule has 0 radical (unpaired) electrons. The van der Waals surface area contributed by atoms with Crippen LogP contribution in [0.25, 0.3) is 0 Å². The Bertz CT molecular complexity index is 699. The molecule has 2 aromatic rings. The van der Waals surface area contributed by atoms with E-state index in [0.717, 1.165) is 0 Å². The molecular formula is C14H11ClN4O2. The highest BCUT2D eigenvalue weighted by Crippen LogP contribution is 2.19. The molecular weight excluding hydrogens is 292 g/mol. The van der Waals surface area contributed by atoms with Crippen molar-refractivity contribution in [2.45, 2.75) is 13.0 Å². The molecule has 0 aromatic carbocycles. The van der Waals surface area contributed by atoms with Crippen LogP contribution < -0.4 is 10.1 Å². The molecule has 0 aliphatic rings. The summed E-state index contributed by atoms with van der Waals surface area (Å²) >= 11 is 5.86. The van der Waals surface area contributed by atoms with Crippen molar-refractivity contribution in [2.24, 2.45) is 0 Å². The first-order valence-corrected chi connectivity index (χ1v) is 6.42. The Morgan fingerprint density at radius 2 is 2.10 bits per heavy atom. The summed E-state index contributed by atoms with van der Waals surface area (Å²) in [7, 11) is 0. The van der Waals surface area contributed by atoms with E-state index in [2.05, 4.69) is 15.3 Å². The second kappa shape index (κ2) is 6.68. The number of hydrogen-bond donors (Lipinski definition) is 1. The van der Waals surface area contributed by atoms with Crippen LogP contribution in [0.4, 0.5) is 5.69 Å². The van der Waals surface area contributed by atoms with E-state index < -0.39 is 12.0 Å². The van der Waals surface area contributed by atoms with Gasteiger partial charge in [-0.15, -0.1) is 0 Å². The Morgan fingerprint density at radius 1 is 1.38 bits per heavy atom. The molecule has 0 fully saturated rings. The molecule has 0 saturated carbocycles. The number of carbonyl (C=O) groups is 1. The Kier molecular flexibility index (Phi) is 4.69. The molecule has 2 aromatic heterocycles. The molecule has 6 nitrogen and oxygen atoms in total. The zero-order valence-electron chi connectivity index (χ0n) is 11.1. The third kappa shape index (κ3) is 3.68. The van der Waals surface area contributed by atoms with Crippen molar-refractivity contribution in [2.75, 3.05) is 5.32 Å². The molecule has 0 bridgehead atoms. The number of ether oxygens (including phenoxy) is 1. The first-order chi connectivity index (χ1) is 10.1. The largest absolute Gasteiger partial charge is 0.478 e. The lowest BCUT2D eigenvalue weighted by atomic mass is 10.3. The zero-order valence-corrected chi connectivity index (χ0v) is 11.8. The van der Waals surface area contributed by atoms with Gasteiger partial charge in [-0.3, -0.25) is 4.79 Å². The molecule has 7 heteroatoms. The van der Waals surface area contributed by atoms with Gasteiger partial charge in [0.25, 0.3) is 5.91 Å². The predicted octanol–water partition coefficient (Wildman–Crippen LogP) is 2.41. The normalized spacial score (nSPS) is 11.3. The number of anilines is 1. The lowest BCUT2D eigenvalue weighted by molar-refractivity contribution is -0.122. The van der Waals surface area contributed by atoms with Crippen LogP contribution in [0, 0.1) is 11.3 Å². The molecule has 21 heavy (non-hydrogen) atoms. The lowest BCUT2D eigenvalue weighted by Gasteiger charge is -2.15. The number of nitrogens with one attached hydrogen (secondary N) is 1. The minimum atomic E-state index is -0.822. The highest BCUT2D eigenvalue weighted by Gasteiger charge is 2.18. The van der Waals surface area contributed by atoms with Gasteiger partial charge in [0, 0.05) is 12.4 Å². The quantitative estimate of drug-likeness (QED) is 0.876. The lowest BCUT2D eigenvalue weighted by Crippen LogP contribution is -2.30. The number of halogens is 1. The Labute approximate surface area is 126 Å². The van der Waals surface area contributed by atoms with Gasteiger partial charge in [0.15, 0.2) is 22.7 Å². The van der Waals surface area contributed by atoms with Crippen LogP contribution in [-0.4, -0.2) is 22.0 Å². The second-order valence-corrected chi connectivity index (χ2v) is 4.41. The molecule has 0 saturated heterocycles. The minimum absolute atomic E-state index is 0.122. The van der Waals surface area contributed by atoms with Crippen molar-refractivity contribution < 1.29 is 9.53 Å². The fourth-order valence-electron chi connectivity index (χ4n) is 1.53. The van der Waals surface area contributed by atoms with Gasteiger partial charge < -0.3 is 10.1 Å². The second-order valence-electron chi connectivity index (χ2n) is 4.05. The van der Waals surface area contributed by atoms with Gasteiger partial charge in [-0.25, -0.2) is 9.97 Å². The van der Waals surface area contributed by atoms with E-state index in [-0.39, 0.29) is 16.6 Å². The summed E-state index contributed by atoms with van der Waals surface area (Å²) < 4.78 is 5.45. The highest BCUT2D eigenvalue weighted by atomic mass is 35.5. The summed E-state index contributed by atoms with van der Waals surface area (Å²) in [6.45, 7) is 1.56. The van der Waals surface area contributed by atoms with Crippen molar-refractivity contribution in [3.05, 3.63) is 47.5 Å². The van der Waals surface area contributed by atoms with E-state index in [1.165, 1.54) is 12.4 Å². The average Bonchev–Trinajstić information content (AvgIpc) is 2.50. The monoisotopic (exact) mass is 302 g/mol. The maximum Gasteiger partial charge on any atom is 0.265 e. The molecule has 0 spiro atoms. The number of nitrogens with zero attached hydrogens (tertiary/aromatic N) is 3. The van der Waals surface area contributed by atoms with Crippen molar-refractivity contribution in [1.29, 1.82) is 5.26 Å².